The zero-order valence-electron chi connectivity index (χ0n) is 14.8. The standard InChI is InChI=1S/C21H18N4O3/c26-19-9-1-15(2-10-19)13-22-24-18-7-5-17(6-8-18)21(28)25-23-14-16-3-11-20(27)12-4-16/h1-14,24,26-27H,(H,25,28). The van der Waals surface area contributed by atoms with E-state index in [9.17, 15) is 15.0 Å². The number of hydrogen-bond donors (Lipinski definition) is 4. The molecule has 140 valence electrons. The summed E-state index contributed by atoms with van der Waals surface area (Å²) in [7, 11) is 0. The summed E-state index contributed by atoms with van der Waals surface area (Å²) in [6.45, 7) is 0. The molecule has 3 aromatic carbocycles. The molecule has 7 heteroatoms. The normalized spacial score (nSPS) is 11.0. The maximum absolute atomic E-state index is 12.1. The van der Waals surface area contributed by atoms with Crippen molar-refractivity contribution in [2.24, 2.45) is 10.2 Å². The zero-order valence-corrected chi connectivity index (χ0v) is 14.8. The number of nitrogens with zero attached hydrogens (tertiary/aromatic N) is 2. The number of nitrogens with one attached hydrogen (secondary N) is 2. The molecule has 1 amide bonds. The highest BCUT2D eigenvalue weighted by Gasteiger charge is 2.03. The number of phenols is 2. The monoisotopic (exact) mass is 374 g/mol. The number of carbonyl (C=O) groups excluding carboxylic acids is 1. The highest BCUT2D eigenvalue weighted by Crippen LogP contribution is 2.11. The molecule has 3 rings (SSSR count). The lowest BCUT2D eigenvalue weighted by atomic mass is 10.2. The number of rotatable bonds is 6. The van der Waals surface area contributed by atoms with Crippen molar-refractivity contribution in [3.8, 4) is 11.5 Å². The summed E-state index contributed by atoms with van der Waals surface area (Å²) in [6.07, 6.45) is 3.11. The van der Waals surface area contributed by atoms with Gasteiger partial charge in [-0.25, -0.2) is 5.43 Å². The lowest BCUT2D eigenvalue weighted by molar-refractivity contribution is 0.0955. The summed E-state index contributed by atoms with van der Waals surface area (Å²) in [5.74, 6) is 0.0304. The third kappa shape index (κ3) is 5.43. The second-order valence-electron chi connectivity index (χ2n) is 5.83. The van der Waals surface area contributed by atoms with E-state index in [0.29, 0.717) is 5.56 Å². The molecular weight excluding hydrogens is 356 g/mol. The van der Waals surface area contributed by atoms with Crippen molar-refractivity contribution >= 4 is 24.0 Å². The first-order valence-corrected chi connectivity index (χ1v) is 8.41. The van der Waals surface area contributed by atoms with Crippen LogP contribution in [-0.4, -0.2) is 28.5 Å². The number of phenolic OH excluding ortho intramolecular Hbond substituents is 2. The van der Waals surface area contributed by atoms with Gasteiger partial charge in [0.25, 0.3) is 5.91 Å². The van der Waals surface area contributed by atoms with Gasteiger partial charge >= 0.3 is 0 Å². The van der Waals surface area contributed by atoms with Crippen LogP contribution in [0, 0.1) is 0 Å². The fourth-order valence-electron chi connectivity index (χ4n) is 2.23. The average Bonchev–Trinajstić information content (AvgIpc) is 2.71. The number of hydrogen-bond acceptors (Lipinski definition) is 6. The van der Waals surface area contributed by atoms with Gasteiger partial charge in [-0.2, -0.15) is 10.2 Å². The molecule has 3 aromatic rings. The van der Waals surface area contributed by atoms with E-state index in [2.05, 4.69) is 21.1 Å². The Morgan fingerprint density at radius 3 is 1.75 bits per heavy atom. The first-order valence-electron chi connectivity index (χ1n) is 8.41. The van der Waals surface area contributed by atoms with Crippen LogP contribution < -0.4 is 10.9 Å². The summed E-state index contributed by atoms with van der Waals surface area (Å²) in [6, 6.07) is 19.9. The number of hydrazone groups is 2. The second kappa shape index (κ2) is 9.00. The Morgan fingerprint density at radius 2 is 1.21 bits per heavy atom. The molecular formula is C21H18N4O3. The van der Waals surface area contributed by atoms with E-state index in [1.54, 1.807) is 79.0 Å². The predicted molar refractivity (Wildman–Crippen MR) is 109 cm³/mol. The lowest BCUT2D eigenvalue weighted by Crippen LogP contribution is -2.17. The summed E-state index contributed by atoms with van der Waals surface area (Å²) in [5.41, 5.74) is 8.09. The van der Waals surface area contributed by atoms with Crippen LogP contribution in [0.2, 0.25) is 0 Å². The molecule has 0 bridgehead atoms. The number of amides is 1. The fraction of sp³-hybridized carbons (Fsp3) is 0. The van der Waals surface area contributed by atoms with Crippen molar-refractivity contribution in [2.75, 3.05) is 5.43 Å². The van der Waals surface area contributed by atoms with E-state index in [0.717, 1.165) is 16.8 Å². The van der Waals surface area contributed by atoms with Gasteiger partial charge in [-0.05, 0) is 83.9 Å². The zero-order chi connectivity index (χ0) is 19.8. The number of anilines is 1. The average molecular weight is 374 g/mol. The van der Waals surface area contributed by atoms with Crippen LogP contribution in [0.5, 0.6) is 11.5 Å². The molecule has 28 heavy (non-hydrogen) atoms. The van der Waals surface area contributed by atoms with Gasteiger partial charge in [-0.3, -0.25) is 10.2 Å². The summed E-state index contributed by atoms with van der Waals surface area (Å²) in [4.78, 5) is 12.1. The minimum atomic E-state index is -0.339. The van der Waals surface area contributed by atoms with Crippen LogP contribution in [0.3, 0.4) is 0 Å². The number of benzene rings is 3. The molecule has 0 aliphatic carbocycles. The van der Waals surface area contributed by atoms with E-state index in [4.69, 9.17) is 0 Å². The minimum Gasteiger partial charge on any atom is -0.508 e. The molecule has 0 radical (unpaired) electrons. The summed E-state index contributed by atoms with van der Waals surface area (Å²) in [5, 5.41) is 26.5. The maximum Gasteiger partial charge on any atom is 0.271 e. The molecule has 7 nitrogen and oxygen atoms in total. The molecule has 0 aliphatic rings. The molecule has 0 heterocycles. The van der Waals surface area contributed by atoms with Crippen molar-refractivity contribution in [3.05, 3.63) is 89.5 Å². The Balaban J connectivity index is 1.52. The topological polar surface area (TPSA) is 106 Å². The summed E-state index contributed by atoms with van der Waals surface area (Å²) < 4.78 is 0. The van der Waals surface area contributed by atoms with Crippen molar-refractivity contribution in [1.29, 1.82) is 0 Å². The van der Waals surface area contributed by atoms with Gasteiger partial charge in [0.15, 0.2) is 0 Å². The Kier molecular flexibility index (Phi) is 5.99. The highest BCUT2D eigenvalue weighted by molar-refractivity contribution is 5.95. The van der Waals surface area contributed by atoms with Gasteiger partial charge in [0.05, 0.1) is 18.1 Å². The number of aromatic hydroxyl groups is 2. The molecule has 0 aliphatic heterocycles. The molecule has 0 unspecified atom stereocenters. The van der Waals surface area contributed by atoms with E-state index < -0.39 is 0 Å². The quantitative estimate of drug-likeness (QED) is 0.392. The van der Waals surface area contributed by atoms with E-state index in [1.165, 1.54) is 6.21 Å². The van der Waals surface area contributed by atoms with Crippen molar-refractivity contribution in [1.82, 2.24) is 5.43 Å². The molecule has 0 saturated carbocycles. The Hall–Kier alpha value is -4.13. The molecule has 4 N–H and O–H groups in total. The first-order chi connectivity index (χ1) is 13.6. The molecule has 0 spiro atoms. The van der Waals surface area contributed by atoms with Crippen LogP contribution in [0.1, 0.15) is 21.5 Å². The van der Waals surface area contributed by atoms with Gasteiger partial charge in [-0.15, -0.1) is 0 Å². The van der Waals surface area contributed by atoms with E-state index in [-0.39, 0.29) is 17.4 Å². The first kappa shape index (κ1) is 18.7. The third-order valence-corrected chi connectivity index (χ3v) is 3.72. The van der Waals surface area contributed by atoms with E-state index >= 15 is 0 Å². The number of carbonyl (C=O) groups is 1. The van der Waals surface area contributed by atoms with Gasteiger partial charge in [0.1, 0.15) is 11.5 Å². The summed E-state index contributed by atoms with van der Waals surface area (Å²) >= 11 is 0. The van der Waals surface area contributed by atoms with Crippen LogP contribution in [0.15, 0.2) is 83.0 Å². The lowest BCUT2D eigenvalue weighted by Gasteiger charge is -2.03. The maximum atomic E-state index is 12.1. The van der Waals surface area contributed by atoms with Crippen LogP contribution in [-0.2, 0) is 0 Å². The predicted octanol–water partition coefficient (Wildman–Crippen LogP) is 3.31. The Morgan fingerprint density at radius 1 is 0.714 bits per heavy atom. The molecule has 0 saturated heterocycles. The fourth-order valence-corrected chi connectivity index (χ4v) is 2.23. The van der Waals surface area contributed by atoms with Gasteiger partial charge in [-0.1, -0.05) is 0 Å². The second-order valence-corrected chi connectivity index (χ2v) is 5.83. The highest BCUT2D eigenvalue weighted by atomic mass is 16.3. The van der Waals surface area contributed by atoms with Crippen molar-refractivity contribution in [2.45, 2.75) is 0 Å². The molecule has 0 aromatic heterocycles. The van der Waals surface area contributed by atoms with Gasteiger partial charge < -0.3 is 10.2 Å². The smallest absolute Gasteiger partial charge is 0.271 e. The van der Waals surface area contributed by atoms with Gasteiger partial charge in [0.2, 0.25) is 0 Å². The Bertz CT molecular complexity index is 980. The third-order valence-electron chi connectivity index (χ3n) is 3.72. The molecule has 0 atom stereocenters. The molecule has 0 fully saturated rings. The van der Waals surface area contributed by atoms with Crippen LogP contribution in [0.4, 0.5) is 5.69 Å². The van der Waals surface area contributed by atoms with Crippen molar-refractivity contribution in [3.63, 3.8) is 0 Å². The van der Waals surface area contributed by atoms with Crippen LogP contribution >= 0.6 is 0 Å². The van der Waals surface area contributed by atoms with Crippen molar-refractivity contribution < 1.29 is 15.0 Å². The minimum absolute atomic E-state index is 0.169. The SMILES string of the molecule is O=C(NN=Cc1ccc(O)cc1)c1ccc(NN=Cc2ccc(O)cc2)cc1. The largest absolute Gasteiger partial charge is 0.508 e. The van der Waals surface area contributed by atoms with Gasteiger partial charge in [0, 0.05) is 5.56 Å². The van der Waals surface area contributed by atoms with Crippen LogP contribution in [0.25, 0.3) is 0 Å². The Labute approximate surface area is 161 Å². The van der Waals surface area contributed by atoms with E-state index in [1.807, 2.05) is 0 Å².